The Morgan fingerprint density at radius 1 is 1.11 bits per heavy atom. The van der Waals surface area contributed by atoms with Crippen molar-refractivity contribution in [3.63, 3.8) is 0 Å². The molecule has 2 unspecified atom stereocenters. The number of aliphatic hydroxyl groups is 1. The van der Waals surface area contributed by atoms with Crippen LogP contribution in [0.15, 0.2) is 57.6 Å². The van der Waals surface area contributed by atoms with E-state index in [9.17, 15) is 20.0 Å². The lowest BCUT2D eigenvalue weighted by Crippen LogP contribution is -2.44. The molecule has 4 atom stereocenters. The lowest BCUT2D eigenvalue weighted by molar-refractivity contribution is -0.142. The summed E-state index contributed by atoms with van der Waals surface area (Å²) < 4.78 is 19.2. The van der Waals surface area contributed by atoms with Crippen molar-refractivity contribution in [3.05, 3.63) is 82.8 Å². The van der Waals surface area contributed by atoms with Crippen molar-refractivity contribution in [3.8, 4) is 23.4 Å². The molecule has 0 fully saturated rings. The van der Waals surface area contributed by atoms with Gasteiger partial charge in [0.1, 0.15) is 35.1 Å². The van der Waals surface area contributed by atoms with Crippen molar-refractivity contribution in [1.82, 2.24) is 15.3 Å². The summed E-state index contributed by atoms with van der Waals surface area (Å²) in [6, 6.07) is 14.9. The molecule has 3 aliphatic heterocycles. The number of benzene rings is 2. The van der Waals surface area contributed by atoms with Crippen LogP contribution < -0.4 is 15.4 Å². The summed E-state index contributed by atoms with van der Waals surface area (Å²) in [5, 5.41) is 27.3. The number of anilines is 1. The molecule has 0 saturated carbocycles. The van der Waals surface area contributed by atoms with Crippen molar-refractivity contribution >= 4 is 17.4 Å². The van der Waals surface area contributed by atoms with E-state index in [-0.39, 0.29) is 60.5 Å². The summed E-state index contributed by atoms with van der Waals surface area (Å²) in [6.07, 6.45) is 1.27. The number of ether oxygens (including phenoxy) is 1. The monoisotopic (exact) mass is 635 g/mol. The Labute approximate surface area is 272 Å². The van der Waals surface area contributed by atoms with Crippen LogP contribution in [-0.4, -0.2) is 38.6 Å². The number of rotatable bonds is 6. The van der Waals surface area contributed by atoms with Crippen molar-refractivity contribution in [2.24, 2.45) is 11.3 Å². The van der Waals surface area contributed by atoms with Gasteiger partial charge in [0.15, 0.2) is 29.2 Å². The smallest absolute Gasteiger partial charge is 0.250 e. The normalized spacial score (nSPS) is 22.9. The minimum absolute atomic E-state index is 0.0880. The number of nitrogens with one attached hydrogen (secondary N) is 2. The highest BCUT2D eigenvalue weighted by atomic mass is 16.5. The van der Waals surface area contributed by atoms with E-state index < -0.39 is 34.6 Å². The molecule has 0 aliphatic carbocycles. The Morgan fingerprint density at radius 3 is 2.57 bits per heavy atom. The van der Waals surface area contributed by atoms with E-state index in [0.717, 1.165) is 22.4 Å². The largest absolute Gasteiger partial charge is 0.469 e. The number of para-hydroxylation sites is 1. The number of aromatic nitrogens is 2. The Bertz CT molecular complexity index is 1940. The highest BCUT2D eigenvalue weighted by Crippen LogP contribution is 2.59. The fourth-order valence-corrected chi connectivity index (χ4v) is 7.17. The molecule has 47 heavy (non-hydrogen) atoms. The first-order chi connectivity index (χ1) is 22.4. The van der Waals surface area contributed by atoms with Crippen LogP contribution in [0.1, 0.15) is 94.0 Å². The van der Waals surface area contributed by atoms with Gasteiger partial charge in [-0.05, 0) is 47.9 Å². The van der Waals surface area contributed by atoms with E-state index >= 15 is 0 Å². The van der Waals surface area contributed by atoms with Gasteiger partial charge in [0.05, 0.1) is 0 Å². The van der Waals surface area contributed by atoms with Gasteiger partial charge in [0.2, 0.25) is 17.7 Å². The molecule has 242 valence electrons. The number of carbonyl (C=O) groups is 2. The standard InChI is InChI=1S/C36H37N5O6/c1-6-35(44,7-2)26(42)16-20-14-19-12-13-25-23(15-19)36(22-10-8-9-11-24(22)39-33(36)46-25)29-27(31-38-21(17-37)18-45-31)40-32(47-29)28(34(3,4)5)41-30(20)43/h8-13,15,18,20,28,33,39,44H,6-7,14,16H2,1-5H3,(H,41,43)/t20?,28-,33?,36+/m1/s1. The van der Waals surface area contributed by atoms with Crippen molar-refractivity contribution in [2.45, 2.75) is 83.6 Å². The molecule has 3 aliphatic rings. The predicted molar refractivity (Wildman–Crippen MR) is 170 cm³/mol. The summed E-state index contributed by atoms with van der Waals surface area (Å²) in [5.74, 6) is -0.143. The fraction of sp³-hybridized carbons (Fsp3) is 0.417. The summed E-state index contributed by atoms with van der Waals surface area (Å²) in [4.78, 5) is 37.1. The first-order valence-corrected chi connectivity index (χ1v) is 16.0. The molecule has 0 saturated heterocycles. The highest BCUT2D eigenvalue weighted by molar-refractivity contribution is 5.92. The first kappa shape index (κ1) is 30.7. The molecule has 1 spiro atoms. The molecule has 1 amide bonds. The fourth-order valence-electron chi connectivity index (χ4n) is 7.17. The number of nitrogens with zero attached hydrogens (tertiary/aromatic N) is 3. The third kappa shape index (κ3) is 4.65. The second-order valence-electron chi connectivity index (χ2n) is 13.8. The van der Waals surface area contributed by atoms with Gasteiger partial charge in [0.25, 0.3) is 0 Å². The van der Waals surface area contributed by atoms with Gasteiger partial charge in [-0.25, -0.2) is 4.98 Å². The van der Waals surface area contributed by atoms with E-state index in [0.29, 0.717) is 11.5 Å². The van der Waals surface area contributed by atoms with Gasteiger partial charge >= 0.3 is 0 Å². The van der Waals surface area contributed by atoms with E-state index in [2.05, 4.69) is 15.6 Å². The van der Waals surface area contributed by atoms with Gasteiger partial charge < -0.3 is 29.3 Å². The average molecular weight is 636 g/mol. The second-order valence-corrected chi connectivity index (χ2v) is 13.8. The topological polar surface area (TPSA) is 164 Å². The molecule has 4 aromatic rings. The number of hydrogen-bond acceptors (Lipinski definition) is 10. The maximum absolute atomic E-state index is 14.2. The van der Waals surface area contributed by atoms with Gasteiger partial charge in [-0.1, -0.05) is 65.0 Å². The lowest BCUT2D eigenvalue weighted by atomic mass is 9.72. The molecule has 5 heterocycles. The summed E-state index contributed by atoms with van der Waals surface area (Å²) in [7, 11) is 0. The SMILES string of the molecule is CCC(O)(CC)C(=O)CC1Cc2ccc3c(c2)[C@@]2(c4ccccc4NC2O3)c2oc(nc2-c2nc(C#N)co2)[C@H](C(C)(C)C)NC1=O. The summed E-state index contributed by atoms with van der Waals surface area (Å²) in [5.41, 5.74) is 0.590. The minimum Gasteiger partial charge on any atom is -0.469 e. The zero-order valence-electron chi connectivity index (χ0n) is 27.0. The van der Waals surface area contributed by atoms with Crippen LogP contribution in [0.4, 0.5) is 5.69 Å². The summed E-state index contributed by atoms with van der Waals surface area (Å²) >= 11 is 0. The Balaban J connectivity index is 1.50. The van der Waals surface area contributed by atoms with E-state index in [1.165, 1.54) is 6.26 Å². The second kappa shape index (κ2) is 10.8. The predicted octanol–water partition coefficient (Wildman–Crippen LogP) is 5.57. The molecule has 11 heteroatoms. The maximum atomic E-state index is 14.2. The molecular formula is C36H37N5O6. The first-order valence-electron chi connectivity index (χ1n) is 16.0. The molecule has 4 bridgehead atoms. The van der Waals surface area contributed by atoms with Gasteiger partial charge in [-0.15, -0.1) is 0 Å². The van der Waals surface area contributed by atoms with Gasteiger partial charge in [0, 0.05) is 23.6 Å². The van der Waals surface area contributed by atoms with Crippen LogP contribution in [0.2, 0.25) is 0 Å². The third-order valence-corrected chi connectivity index (χ3v) is 9.94. The molecule has 2 aromatic heterocycles. The van der Waals surface area contributed by atoms with Crippen LogP contribution in [0.25, 0.3) is 11.6 Å². The molecule has 2 aromatic carbocycles. The van der Waals surface area contributed by atoms with Crippen LogP contribution in [-0.2, 0) is 21.4 Å². The Kier molecular flexibility index (Phi) is 7.06. The van der Waals surface area contributed by atoms with Crippen molar-refractivity contribution in [1.29, 1.82) is 5.26 Å². The molecule has 0 radical (unpaired) electrons. The number of nitriles is 1. The lowest BCUT2D eigenvalue weighted by Gasteiger charge is -2.32. The van der Waals surface area contributed by atoms with E-state index in [1.54, 1.807) is 13.8 Å². The zero-order valence-corrected chi connectivity index (χ0v) is 27.0. The average Bonchev–Trinajstić information content (AvgIpc) is 3.82. The quantitative estimate of drug-likeness (QED) is 0.244. The Morgan fingerprint density at radius 2 is 1.87 bits per heavy atom. The summed E-state index contributed by atoms with van der Waals surface area (Å²) in [6.45, 7) is 9.44. The van der Waals surface area contributed by atoms with E-state index in [1.807, 2.05) is 69.3 Å². The number of amides is 1. The number of hydrogen-bond donors (Lipinski definition) is 3. The van der Waals surface area contributed by atoms with Crippen LogP contribution in [0.3, 0.4) is 0 Å². The number of carbonyl (C=O) groups excluding carboxylic acids is 2. The molecule has 11 nitrogen and oxygen atoms in total. The van der Waals surface area contributed by atoms with Crippen molar-refractivity contribution < 1.29 is 28.3 Å². The number of ketones is 1. The highest BCUT2D eigenvalue weighted by Gasteiger charge is 2.61. The van der Waals surface area contributed by atoms with Crippen molar-refractivity contribution in [2.75, 3.05) is 5.32 Å². The minimum atomic E-state index is -1.51. The van der Waals surface area contributed by atoms with Crippen LogP contribution in [0.5, 0.6) is 5.75 Å². The van der Waals surface area contributed by atoms with E-state index in [4.69, 9.17) is 18.6 Å². The van der Waals surface area contributed by atoms with Crippen LogP contribution in [0, 0.1) is 22.7 Å². The van der Waals surface area contributed by atoms with Crippen LogP contribution >= 0.6 is 0 Å². The molecule has 3 N–H and O–H groups in total. The van der Waals surface area contributed by atoms with Gasteiger partial charge in [-0.2, -0.15) is 10.2 Å². The zero-order chi connectivity index (χ0) is 33.3. The Hall–Kier alpha value is -4.95. The maximum Gasteiger partial charge on any atom is 0.250 e. The number of Topliss-reactive ketones (excluding diaryl/α,β-unsaturated/α-hetero) is 1. The third-order valence-electron chi connectivity index (χ3n) is 9.94. The van der Waals surface area contributed by atoms with Gasteiger partial charge in [-0.3, -0.25) is 9.59 Å². The number of oxazole rings is 2. The molecular weight excluding hydrogens is 598 g/mol. The number of fused-ring (bicyclic) bond motifs is 4. The molecule has 7 rings (SSSR count).